The van der Waals surface area contributed by atoms with Crippen LogP contribution in [-0.4, -0.2) is 11.7 Å². The molecule has 0 aliphatic carbocycles. The number of aliphatic hydroxyl groups excluding tert-OH is 1. The Morgan fingerprint density at radius 3 is 0.472 bits per heavy atom. The van der Waals surface area contributed by atoms with E-state index in [1.807, 2.05) is 0 Å². The summed E-state index contributed by atoms with van der Waals surface area (Å²) < 4.78 is 0. The van der Waals surface area contributed by atoms with Gasteiger partial charge >= 0.3 is 0 Å². The van der Waals surface area contributed by atoms with Crippen LogP contribution in [0.25, 0.3) is 0 Å². The van der Waals surface area contributed by atoms with Crippen molar-refractivity contribution in [2.75, 3.05) is 6.61 Å². The van der Waals surface area contributed by atoms with Gasteiger partial charge in [0.1, 0.15) is 0 Å². The Kier molecular flexibility index (Phi) is 65.3. The van der Waals surface area contributed by atoms with E-state index >= 15 is 0 Å². The van der Waals surface area contributed by atoms with Gasteiger partial charge in [-0.25, -0.2) is 0 Å². The van der Waals surface area contributed by atoms with Crippen molar-refractivity contribution in [2.24, 2.45) is 17.8 Å². The van der Waals surface area contributed by atoms with Crippen molar-refractivity contribution < 1.29 is 5.11 Å². The lowest BCUT2D eigenvalue weighted by Crippen LogP contribution is -1.97. The van der Waals surface area contributed by atoms with Crippen LogP contribution in [0.3, 0.4) is 0 Å². The lowest BCUT2D eigenvalue weighted by molar-refractivity contribution is 0.259. The second-order valence-electron chi connectivity index (χ2n) is 34.6. The molecule has 0 spiro atoms. The predicted octanol–water partition coefficient (Wildman–Crippen LogP) is 35.7. The molecule has 0 heterocycles. The number of hydrogen-bond acceptors (Lipinski definition) is 1. The van der Waals surface area contributed by atoms with Gasteiger partial charge < -0.3 is 5.11 Å². The summed E-state index contributed by atoms with van der Waals surface area (Å²) in [6.45, 7) is 51.4. The van der Waals surface area contributed by atoms with Gasteiger partial charge in [-0.1, -0.05) is 263 Å². The minimum atomic E-state index is 0.309. The monoisotopic (exact) mass is 1450 g/mol. The van der Waals surface area contributed by atoms with E-state index in [9.17, 15) is 0 Å². The largest absolute Gasteiger partial charge is 0.396 e. The Hall–Kier alpha value is -4.72. The smallest absolute Gasteiger partial charge is 0.0433 e. The van der Waals surface area contributed by atoms with Crippen molar-refractivity contribution in [3.63, 3.8) is 0 Å². The van der Waals surface area contributed by atoms with E-state index in [0.29, 0.717) is 12.5 Å². The van der Waals surface area contributed by atoms with E-state index in [2.05, 4.69) is 262 Å². The van der Waals surface area contributed by atoms with Crippen LogP contribution in [0.2, 0.25) is 0 Å². The lowest BCUT2D eigenvalue weighted by Gasteiger charge is -2.12. The fourth-order valence-corrected chi connectivity index (χ4v) is 13.9. The number of hydrogen-bond donors (Lipinski definition) is 1. The molecular formula is C105H176O. The van der Waals surface area contributed by atoms with Crippen LogP contribution in [0, 0.1) is 17.8 Å². The summed E-state index contributed by atoms with van der Waals surface area (Å²) in [5.74, 6) is 2.33. The van der Waals surface area contributed by atoms with Crippen molar-refractivity contribution in [1.29, 1.82) is 0 Å². The molecule has 0 aliphatic rings. The van der Waals surface area contributed by atoms with Crippen molar-refractivity contribution in [2.45, 2.75) is 428 Å². The van der Waals surface area contributed by atoms with Gasteiger partial charge in [-0.15, -0.1) is 0 Å². The first kappa shape index (κ1) is 101. The fraction of sp³-hybridized carbons (Fsp3) is 0.657. The molecule has 0 amide bonds. The highest BCUT2D eigenvalue weighted by Crippen LogP contribution is 2.25. The van der Waals surface area contributed by atoms with Gasteiger partial charge in [0.25, 0.3) is 0 Å². The van der Waals surface area contributed by atoms with Gasteiger partial charge in [0.05, 0.1) is 0 Å². The topological polar surface area (TPSA) is 20.2 Å². The zero-order valence-corrected chi connectivity index (χ0v) is 74.7. The van der Waals surface area contributed by atoms with Gasteiger partial charge in [0.15, 0.2) is 0 Å². The first-order valence-corrected chi connectivity index (χ1v) is 44.1. The Bertz CT molecular complexity index is 2900. The summed E-state index contributed by atoms with van der Waals surface area (Å²) >= 11 is 0. The SMILES string of the molecule is C/C(=C/CC/C(C)=C\CC/C(C)=C/CC/C(C)=C\CC/C(C)=C/CC/C(C)=C\CC/C(C)=C\CC/C(C)=C\CC/C(C)=C\CC[C@H](C)CCO)CC/C=C(/C)CC/C=C(/C)CC/C=C(\C)CC/C=C(/C)CC/C=C(\C)CC/C=C(/C)CC/C=C(/C)CC/C=C(/C)CC/C=C(/C)CCC[C@@H](C)CCCC(C)C. The highest BCUT2D eigenvalue weighted by atomic mass is 16.3. The maximum atomic E-state index is 9.12. The quantitative estimate of drug-likeness (QED) is 0.0602. The molecule has 0 radical (unpaired) electrons. The van der Waals surface area contributed by atoms with Crippen LogP contribution in [0.5, 0.6) is 0 Å². The van der Waals surface area contributed by atoms with Crippen LogP contribution < -0.4 is 0 Å². The Balaban J connectivity index is 4.35. The van der Waals surface area contributed by atoms with E-state index in [0.717, 1.165) is 134 Å². The first-order valence-electron chi connectivity index (χ1n) is 44.1. The standard InChI is InChI=1S/C105H176O/c1-85(2)43-23-44-86(3)45-24-46-87(4)47-25-48-88(5)49-26-50-89(6)51-27-52-90(7)53-28-54-91(8)55-29-56-92(9)57-30-58-93(10)59-31-60-94(11)61-32-62-95(12)63-33-64-96(13)65-34-66-97(14)67-35-68-98(15)69-36-70-99(16)71-37-72-100(17)73-38-74-101(18)75-39-76-102(19)77-40-78-103(20)79-41-80-104(21)81-42-82-105(22)83-84-106/h47,49,51,53,55,57,59,61,63,65,67,69,71,73,75,77,79,81,85-86,105-106H,23-46,48,50,52,54,56,58,60,62,64,66,68,70,72,74,76,78,80,82-84H2,1-22H3/b87-47-,88-49-,89-51-,90-53-,91-55+,92-57-,93-59+,94-61-,95-63-,96-65-,97-67-,98-69+,99-71-,100-73+,101-75-,102-77-,103-79-,104-81-/t86-,105-/m0/s1. The maximum Gasteiger partial charge on any atom is 0.0433 e. The van der Waals surface area contributed by atoms with E-state index < -0.39 is 0 Å². The van der Waals surface area contributed by atoms with Crippen LogP contribution in [0.4, 0.5) is 0 Å². The molecule has 2 atom stereocenters. The zero-order chi connectivity index (χ0) is 79.0. The molecular weight excluding hydrogens is 1280 g/mol. The molecule has 0 aromatic carbocycles. The molecule has 602 valence electrons. The average Bonchev–Trinajstić information content (AvgIpc) is 1.22. The van der Waals surface area contributed by atoms with Crippen molar-refractivity contribution in [1.82, 2.24) is 0 Å². The van der Waals surface area contributed by atoms with Crippen LogP contribution in [-0.2, 0) is 0 Å². The Labute approximate surface area is 663 Å². The summed E-state index contributed by atoms with van der Waals surface area (Å²) in [5, 5.41) is 9.12. The molecule has 0 aromatic rings. The summed E-state index contributed by atoms with van der Waals surface area (Å²) in [5.41, 5.74) is 27.6. The highest BCUT2D eigenvalue weighted by Gasteiger charge is 2.06. The second kappa shape index (κ2) is 68.3. The van der Waals surface area contributed by atoms with E-state index in [1.54, 1.807) is 16.7 Å². The fourth-order valence-electron chi connectivity index (χ4n) is 13.9. The maximum absolute atomic E-state index is 9.12. The molecule has 1 N–H and O–H groups in total. The third kappa shape index (κ3) is 68.5. The molecule has 0 saturated heterocycles. The van der Waals surface area contributed by atoms with Gasteiger partial charge in [0.2, 0.25) is 0 Å². The van der Waals surface area contributed by atoms with E-state index in [-0.39, 0.29) is 0 Å². The number of rotatable bonds is 64. The van der Waals surface area contributed by atoms with Crippen LogP contribution in [0.15, 0.2) is 210 Å². The first-order chi connectivity index (χ1) is 50.6. The molecule has 1 nitrogen and oxygen atoms in total. The summed E-state index contributed by atoms with van der Waals surface area (Å²) in [6, 6.07) is 0. The Morgan fingerprint density at radius 2 is 0.311 bits per heavy atom. The van der Waals surface area contributed by atoms with Crippen LogP contribution >= 0.6 is 0 Å². The van der Waals surface area contributed by atoms with Crippen molar-refractivity contribution >= 4 is 0 Å². The highest BCUT2D eigenvalue weighted by molar-refractivity contribution is 5.15. The minimum Gasteiger partial charge on any atom is -0.396 e. The molecule has 0 fully saturated rings. The third-order valence-electron chi connectivity index (χ3n) is 22.1. The summed E-state index contributed by atoms with van der Waals surface area (Å²) in [7, 11) is 0. The molecule has 0 bridgehead atoms. The van der Waals surface area contributed by atoms with Crippen molar-refractivity contribution in [3.8, 4) is 0 Å². The Morgan fingerprint density at radius 1 is 0.170 bits per heavy atom. The molecule has 0 aromatic heterocycles. The molecule has 0 saturated carbocycles. The average molecular weight is 1450 g/mol. The minimum absolute atomic E-state index is 0.309. The molecule has 0 unspecified atom stereocenters. The third-order valence-corrected chi connectivity index (χ3v) is 22.1. The molecule has 106 heavy (non-hydrogen) atoms. The molecule has 0 rings (SSSR count). The summed E-state index contributed by atoms with van der Waals surface area (Å²) in [6.07, 6.45) is 95.5. The van der Waals surface area contributed by atoms with Gasteiger partial charge in [-0.3, -0.25) is 0 Å². The molecule has 0 aliphatic heterocycles. The zero-order valence-electron chi connectivity index (χ0n) is 74.7. The number of aliphatic hydroxyl groups is 1. The summed E-state index contributed by atoms with van der Waals surface area (Å²) in [4.78, 5) is 0. The van der Waals surface area contributed by atoms with Gasteiger partial charge in [0, 0.05) is 6.61 Å². The van der Waals surface area contributed by atoms with Gasteiger partial charge in [-0.2, -0.15) is 0 Å². The second-order valence-corrected chi connectivity index (χ2v) is 34.6. The van der Waals surface area contributed by atoms with E-state index in [1.165, 1.54) is 238 Å². The normalized spacial score (nSPS) is 15.7. The lowest BCUT2D eigenvalue weighted by atomic mass is 9.94. The van der Waals surface area contributed by atoms with E-state index in [4.69, 9.17) is 5.11 Å². The number of allylic oxidation sites excluding steroid dienone is 36. The van der Waals surface area contributed by atoms with Gasteiger partial charge in [-0.05, 0) is 393 Å². The van der Waals surface area contributed by atoms with Crippen LogP contribution in [0.1, 0.15) is 428 Å². The molecule has 1 heteroatoms. The predicted molar refractivity (Wildman–Crippen MR) is 486 cm³/mol. The van der Waals surface area contributed by atoms with Crippen molar-refractivity contribution in [3.05, 3.63) is 210 Å².